The van der Waals surface area contributed by atoms with Crippen LogP contribution in [0.2, 0.25) is 0 Å². The molecule has 0 aliphatic rings. The van der Waals surface area contributed by atoms with E-state index < -0.39 is 27.8 Å². The molecular formula is C21H27FN2O4S. The van der Waals surface area contributed by atoms with E-state index in [2.05, 4.69) is 5.32 Å². The summed E-state index contributed by atoms with van der Waals surface area (Å²) in [5, 5.41) is 2.77. The molecule has 0 saturated heterocycles. The van der Waals surface area contributed by atoms with Crippen LogP contribution < -0.4 is 14.4 Å². The number of anilines is 1. The topological polar surface area (TPSA) is 75.7 Å². The summed E-state index contributed by atoms with van der Waals surface area (Å²) in [5.74, 6) is -0.507. The maximum Gasteiger partial charge on any atom is 0.244 e. The minimum Gasteiger partial charge on any atom is -0.491 e. The van der Waals surface area contributed by atoms with Crippen LogP contribution in [0, 0.1) is 12.7 Å². The first-order chi connectivity index (χ1) is 13.6. The van der Waals surface area contributed by atoms with E-state index in [4.69, 9.17) is 4.74 Å². The highest BCUT2D eigenvalue weighted by Gasteiger charge is 2.33. The van der Waals surface area contributed by atoms with E-state index in [0.29, 0.717) is 5.75 Å². The van der Waals surface area contributed by atoms with Gasteiger partial charge >= 0.3 is 0 Å². The Morgan fingerprint density at radius 1 is 1.17 bits per heavy atom. The average Bonchev–Trinajstić information content (AvgIpc) is 2.65. The first-order valence-corrected chi connectivity index (χ1v) is 11.2. The van der Waals surface area contributed by atoms with E-state index in [-0.39, 0.29) is 24.8 Å². The molecule has 2 rings (SSSR count). The molecule has 2 aromatic rings. The number of aryl methyl sites for hydroxylation is 1. The van der Waals surface area contributed by atoms with Gasteiger partial charge in [-0.05, 0) is 44.0 Å². The molecule has 6 nitrogen and oxygen atoms in total. The van der Waals surface area contributed by atoms with Crippen LogP contribution in [-0.2, 0) is 14.8 Å². The molecule has 158 valence electrons. The minimum absolute atomic E-state index is 0.152. The second kappa shape index (κ2) is 9.73. The van der Waals surface area contributed by atoms with Gasteiger partial charge in [-0.15, -0.1) is 0 Å². The molecule has 0 aliphatic heterocycles. The molecule has 8 heteroatoms. The van der Waals surface area contributed by atoms with Gasteiger partial charge in [0.2, 0.25) is 15.9 Å². The van der Waals surface area contributed by atoms with Crippen LogP contribution in [0.3, 0.4) is 0 Å². The van der Waals surface area contributed by atoms with Crippen molar-refractivity contribution in [2.45, 2.75) is 39.3 Å². The summed E-state index contributed by atoms with van der Waals surface area (Å²) < 4.78 is 45.6. The van der Waals surface area contributed by atoms with E-state index in [1.165, 1.54) is 18.2 Å². The maximum absolute atomic E-state index is 14.3. The van der Waals surface area contributed by atoms with Gasteiger partial charge < -0.3 is 10.1 Å². The fraction of sp³-hybridized carbons (Fsp3) is 0.381. The quantitative estimate of drug-likeness (QED) is 0.673. The van der Waals surface area contributed by atoms with E-state index in [1.807, 2.05) is 31.2 Å². The van der Waals surface area contributed by atoms with Crippen LogP contribution in [0.1, 0.15) is 25.8 Å². The van der Waals surface area contributed by atoms with E-state index in [1.54, 1.807) is 13.8 Å². The fourth-order valence-corrected chi connectivity index (χ4v) is 4.19. The van der Waals surface area contributed by atoms with Gasteiger partial charge in [0.05, 0.1) is 18.0 Å². The third-order valence-corrected chi connectivity index (χ3v) is 5.56. The van der Waals surface area contributed by atoms with Crippen molar-refractivity contribution in [3.8, 4) is 5.75 Å². The number of halogens is 1. The van der Waals surface area contributed by atoms with Crippen LogP contribution in [-0.4, -0.2) is 39.3 Å². The van der Waals surface area contributed by atoms with Crippen molar-refractivity contribution in [2.75, 3.05) is 17.2 Å². The van der Waals surface area contributed by atoms with Crippen molar-refractivity contribution >= 4 is 21.6 Å². The van der Waals surface area contributed by atoms with Gasteiger partial charge in [0.1, 0.15) is 24.2 Å². The van der Waals surface area contributed by atoms with Crippen molar-refractivity contribution in [3.63, 3.8) is 0 Å². The Balaban J connectivity index is 2.15. The molecule has 0 aliphatic carbocycles. The second-order valence-corrected chi connectivity index (χ2v) is 8.78. The van der Waals surface area contributed by atoms with Gasteiger partial charge in [0.25, 0.3) is 0 Å². The van der Waals surface area contributed by atoms with E-state index in [9.17, 15) is 17.6 Å². The summed E-state index contributed by atoms with van der Waals surface area (Å²) in [6.07, 6.45) is 1.14. The molecule has 0 spiro atoms. The summed E-state index contributed by atoms with van der Waals surface area (Å²) in [6.45, 7) is 5.57. The van der Waals surface area contributed by atoms with Gasteiger partial charge in [-0.25, -0.2) is 12.8 Å². The Morgan fingerprint density at radius 3 is 2.38 bits per heavy atom. The minimum atomic E-state index is -3.89. The lowest BCUT2D eigenvalue weighted by molar-refractivity contribution is -0.123. The molecule has 0 saturated carbocycles. The number of ether oxygens (including phenoxy) is 1. The number of benzene rings is 2. The first kappa shape index (κ1) is 22.7. The monoisotopic (exact) mass is 422 g/mol. The van der Waals surface area contributed by atoms with Crippen molar-refractivity contribution in [1.82, 2.24) is 5.32 Å². The van der Waals surface area contributed by atoms with E-state index >= 15 is 0 Å². The Bertz CT molecular complexity index is 949. The molecule has 0 fully saturated rings. The van der Waals surface area contributed by atoms with Crippen LogP contribution in [0.4, 0.5) is 10.1 Å². The molecule has 2 atom stereocenters. The predicted molar refractivity (Wildman–Crippen MR) is 112 cm³/mol. The highest BCUT2D eigenvalue weighted by molar-refractivity contribution is 7.92. The third-order valence-electron chi connectivity index (χ3n) is 4.39. The Morgan fingerprint density at radius 2 is 1.79 bits per heavy atom. The molecule has 29 heavy (non-hydrogen) atoms. The standard InChI is InChI=1S/C21H27FN2O4S/c1-5-18(24(29(4,26)27)19-12-8-7-11-17(19)22)21(25)23-16(3)14-28-20-13-9-6-10-15(20)2/h6-13,16,18H,5,14H2,1-4H3,(H,23,25)/t16-,18+/m1/s1. The molecule has 0 aromatic heterocycles. The largest absolute Gasteiger partial charge is 0.491 e. The number of hydrogen-bond donors (Lipinski definition) is 1. The molecule has 0 bridgehead atoms. The van der Waals surface area contributed by atoms with Gasteiger partial charge in [-0.2, -0.15) is 0 Å². The van der Waals surface area contributed by atoms with Crippen LogP contribution in [0.15, 0.2) is 48.5 Å². The molecule has 2 aromatic carbocycles. The van der Waals surface area contributed by atoms with Gasteiger partial charge in [-0.1, -0.05) is 37.3 Å². The smallest absolute Gasteiger partial charge is 0.244 e. The summed E-state index contributed by atoms with van der Waals surface area (Å²) >= 11 is 0. The molecule has 0 radical (unpaired) electrons. The average molecular weight is 423 g/mol. The highest BCUT2D eigenvalue weighted by Crippen LogP contribution is 2.25. The van der Waals surface area contributed by atoms with Gasteiger partial charge in [0, 0.05) is 0 Å². The molecule has 0 heterocycles. The number of para-hydroxylation sites is 2. The number of rotatable bonds is 9. The fourth-order valence-electron chi connectivity index (χ4n) is 2.98. The first-order valence-electron chi connectivity index (χ1n) is 9.37. The number of amides is 1. The van der Waals surface area contributed by atoms with Crippen LogP contribution in [0.25, 0.3) is 0 Å². The number of hydrogen-bond acceptors (Lipinski definition) is 4. The van der Waals surface area contributed by atoms with Crippen molar-refractivity contribution in [2.24, 2.45) is 0 Å². The summed E-state index contributed by atoms with van der Waals surface area (Å²) in [6, 6.07) is 11.6. The summed E-state index contributed by atoms with van der Waals surface area (Å²) in [5.41, 5.74) is 0.820. The molecule has 1 amide bonds. The number of sulfonamides is 1. The SMILES string of the molecule is CC[C@@H](C(=O)N[C@H](C)COc1ccccc1C)N(c1ccccc1F)S(C)(=O)=O. The van der Waals surface area contributed by atoms with Gasteiger partial charge in [0.15, 0.2) is 0 Å². The zero-order valence-electron chi connectivity index (χ0n) is 17.1. The molecular weight excluding hydrogens is 395 g/mol. The molecule has 0 unspecified atom stereocenters. The lowest BCUT2D eigenvalue weighted by Gasteiger charge is -2.31. The van der Waals surface area contributed by atoms with Crippen molar-refractivity contribution in [3.05, 3.63) is 59.9 Å². The molecule has 1 N–H and O–H groups in total. The number of nitrogens with zero attached hydrogens (tertiary/aromatic N) is 1. The Labute approximate surface area is 171 Å². The van der Waals surface area contributed by atoms with E-state index in [0.717, 1.165) is 22.2 Å². The highest BCUT2D eigenvalue weighted by atomic mass is 32.2. The second-order valence-electron chi connectivity index (χ2n) is 6.92. The lowest BCUT2D eigenvalue weighted by Crippen LogP contribution is -2.52. The van der Waals surface area contributed by atoms with Crippen LogP contribution in [0.5, 0.6) is 5.75 Å². The number of nitrogens with one attached hydrogen (secondary N) is 1. The maximum atomic E-state index is 14.3. The number of carbonyl (C=O) groups excluding carboxylic acids is 1. The van der Waals surface area contributed by atoms with Crippen molar-refractivity contribution < 1.29 is 22.3 Å². The Hall–Kier alpha value is -2.61. The zero-order chi connectivity index (χ0) is 21.6. The normalized spacial score (nSPS) is 13.4. The van der Waals surface area contributed by atoms with Crippen molar-refractivity contribution in [1.29, 1.82) is 0 Å². The van der Waals surface area contributed by atoms with Crippen LogP contribution >= 0.6 is 0 Å². The summed E-state index contributed by atoms with van der Waals surface area (Å²) in [4.78, 5) is 12.8. The lowest BCUT2D eigenvalue weighted by atomic mass is 10.1. The zero-order valence-corrected chi connectivity index (χ0v) is 17.9. The predicted octanol–water partition coefficient (Wildman–Crippen LogP) is 3.26. The summed E-state index contributed by atoms with van der Waals surface area (Å²) in [7, 11) is -3.89. The van der Waals surface area contributed by atoms with Gasteiger partial charge in [-0.3, -0.25) is 9.10 Å². The number of carbonyl (C=O) groups is 1. The third kappa shape index (κ3) is 5.93. The Kier molecular flexibility index (Phi) is 7.61.